The van der Waals surface area contributed by atoms with E-state index in [9.17, 15) is 0 Å². The third kappa shape index (κ3) is 2.73. The van der Waals surface area contributed by atoms with E-state index in [0.29, 0.717) is 0 Å². The fraction of sp³-hybridized carbons (Fsp3) is 0.591. The Morgan fingerprint density at radius 3 is 1.84 bits per heavy atom. The fourth-order valence-corrected chi connectivity index (χ4v) is 27.8. The zero-order valence-corrected chi connectivity index (χ0v) is 20.0. The van der Waals surface area contributed by atoms with Gasteiger partial charge in [-0.25, -0.2) is 0 Å². The van der Waals surface area contributed by atoms with Gasteiger partial charge in [0.1, 0.15) is 0 Å². The number of allylic oxidation sites excluding steroid dienone is 8. The Morgan fingerprint density at radius 1 is 0.960 bits per heavy atom. The Morgan fingerprint density at radius 2 is 1.52 bits per heavy atom. The zero-order chi connectivity index (χ0) is 18.7. The van der Waals surface area contributed by atoms with E-state index < -0.39 is 18.9 Å². The molecule has 0 amide bonds. The standard InChI is InChI=1S/C7H9.C5H5.2C4H10N.C2H4.Zr/c1-6-3-4-7(2)5-6;1-2-4-5-3-1;2*1-3-5-4-2;1-2;/h3H,4H2,1-2H3;1-3H,4H2;2*3-4H2,1-2H3;1H,2H3;/q;;2*-1;;+2. The van der Waals surface area contributed by atoms with Crippen molar-refractivity contribution in [2.45, 2.75) is 61.3 Å². The summed E-state index contributed by atoms with van der Waals surface area (Å²) >= 11 is -3.93. The Kier molecular flexibility index (Phi) is 6.79. The summed E-state index contributed by atoms with van der Waals surface area (Å²) in [5.74, 6) is 0. The summed E-state index contributed by atoms with van der Waals surface area (Å²) in [5, 5.41) is 0. The van der Waals surface area contributed by atoms with Gasteiger partial charge in [0.05, 0.1) is 0 Å². The molecule has 0 heterocycles. The second-order valence-electron chi connectivity index (χ2n) is 7.42. The minimum atomic E-state index is -3.93. The van der Waals surface area contributed by atoms with Gasteiger partial charge in [0.2, 0.25) is 0 Å². The summed E-state index contributed by atoms with van der Waals surface area (Å²) in [7, 11) is 0. The molecule has 0 saturated carbocycles. The molecular weight excluding hydrogens is 383 g/mol. The van der Waals surface area contributed by atoms with Crippen LogP contribution in [0.5, 0.6) is 0 Å². The molecule has 0 aliphatic heterocycles. The molecule has 0 spiro atoms. The van der Waals surface area contributed by atoms with Crippen molar-refractivity contribution in [1.29, 1.82) is 0 Å². The average molecular weight is 422 g/mol. The van der Waals surface area contributed by atoms with Gasteiger partial charge < -0.3 is 0 Å². The van der Waals surface area contributed by atoms with Gasteiger partial charge in [-0.05, 0) is 0 Å². The molecule has 0 unspecified atom stereocenters. The van der Waals surface area contributed by atoms with Crippen LogP contribution in [0, 0.1) is 0 Å². The molecule has 0 fully saturated rings. The van der Waals surface area contributed by atoms with E-state index in [1.54, 1.807) is 12.1 Å². The molecule has 0 saturated heterocycles. The van der Waals surface area contributed by atoms with Crippen molar-refractivity contribution in [3.05, 3.63) is 42.0 Å². The third-order valence-electron chi connectivity index (χ3n) is 6.79. The van der Waals surface area contributed by atoms with Crippen LogP contribution in [0.25, 0.3) is 0 Å². The molecule has 3 heteroatoms. The van der Waals surface area contributed by atoms with Crippen molar-refractivity contribution in [2.75, 3.05) is 26.2 Å². The summed E-state index contributed by atoms with van der Waals surface area (Å²) in [6.45, 7) is 21.0. The minimum absolute atomic E-state index is 1.12. The van der Waals surface area contributed by atoms with Crippen molar-refractivity contribution in [2.24, 2.45) is 0 Å². The predicted molar refractivity (Wildman–Crippen MR) is 110 cm³/mol. The molecule has 0 N–H and O–H groups in total. The number of nitrogens with zero attached hydrogens (tertiary/aromatic N) is 2. The summed E-state index contributed by atoms with van der Waals surface area (Å²) in [5.41, 5.74) is 3.14. The van der Waals surface area contributed by atoms with E-state index in [0.717, 1.165) is 39.0 Å². The van der Waals surface area contributed by atoms with Crippen molar-refractivity contribution in [3.8, 4) is 0 Å². The van der Waals surface area contributed by atoms with Crippen molar-refractivity contribution in [1.82, 2.24) is 5.69 Å². The Hall–Kier alpha value is -0.367. The van der Waals surface area contributed by atoms with Crippen molar-refractivity contribution < 1.29 is 18.9 Å². The van der Waals surface area contributed by atoms with Gasteiger partial charge in [-0.3, -0.25) is 0 Å². The van der Waals surface area contributed by atoms with Crippen LogP contribution in [0.3, 0.4) is 0 Å². The number of hydrogen-bond donors (Lipinski definition) is 0. The average Bonchev–Trinajstić information content (AvgIpc) is 3.27. The quantitative estimate of drug-likeness (QED) is 0.512. The van der Waals surface area contributed by atoms with Gasteiger partial charge in [-0.2, -0.15) is 0 Å². The molecule has 2 aliphatic carbocycles. The van der Waals surface area contributed by atoms with E-state index >= 15 is 0 Å². The molecule has 0 radical (unpaired) electrons. The SMILES string of the molecule is C[CH]=[Zr]([C]1=CC=CC1)([C]1=C(C)CC=C1C)([N](CC)CC)[N](CC)CC. The van der Waals surface area contributed by atoms with Gasteiger partial charge >= 0.3 is 158 Å². The van der Waals surface area contributed by atoms with Gasteiger partial charge in [-0.15, -0.1) is 0 Å². The molecular formula is C22H38N2Zr. The van der Waals surface area contributed by atoms with E-state index in [4.69, 9.17) is 0 Å². The van der Waals surface area contributed by atoms with Crippen LogP contribution in [0.1, 0.15) is 61.3 Å². The van der Waals surface area contributed by atoms with Crippen LogP contribution in [-0.4, -0.2) is 35.6 Å². The second kappa shape index (κ2) is 8.11. The molecule has 140 valence electrons. The second-order valence-corrected chi connectivity index (χ2v) is 20.8. The van der Waals surface area contributed by atoms with Crippen LogP contribution in [0.4, 0.5) is 0 Å². The number of rotatable bonds is 8. The molecule has 25 heavy (non-hydrogen) atoms. The third-order valence-corrected chi connectivity index (χ3v) is 27.3. The van der Waals surface area contributed by atoms with E-state index in [-0.39, 0.29) is 0 Å². The Balaban J connectivity index is 3.05. The van der Waals surface area contributed by atoms with Gasteiger partial charge in [-0.1, -0.05) is 0 Å². The Labute approximate surface area is 157 Å². The first-order chi connectivity index (χ1) is 12.0. The molecule has 0 aromatic carbocycles. The first kappa shape index (κ1) is 20.9. The fourth-order valence-electron chi connectivity index (χ4n) is 5.97. The molecule has 0 bridgehead atoms. The monoisotopic (exact) mass is 420 g/mol. The summed E-state index contributed by atoms with van der Waals surface area (Å²) in [4.78, 5) is 0. The molecule has 0 aromatic rings. The van der Waals surface area contributed by atoms with Crippen molar-refractivity contribution >= 4 is 3.71 Å². The van der Waals surface area contributed by atoms with E-state index in [1.807, 2.05) is 0 Å². The summed E-state index contributed by atoms with van der Waals surface area (Å²) in [6, 6.07) is 0. The molecule has 2 nitrogen and oxygen atoms in total. The van der Waals surface area contributed by atoms with Crippen LogP contribution < -0.4 is 0 Å². The molecule has 0 aromatic heterocycles. The van der Waals surface area contributed by atoms with E-state index in [2.05, 4.69) is 82.2 Å². The summed E-state index contributed by atoms with van der Waals surface area (Å²) in [6.07, 6.45) is 11.8. The van der Waals surface area contributed by atoms with Gasteiger partial charge in [0, 0.05) is 0 Å². The molecule has 2 rings (SSSR count). The maximum absolute atomic E-state index is 3.93. The first-order valence-electron chi connectivity index (χ1n) is 10.2. The first-order valence-corrected chi connectivity index (χ1v) is 16.2. The zero-order valence-electron chi connectivity index (χ0n) is 17.5. The topological polar surface area (TPSA) is 6.48 Å². The normalized spacial score (nSPS) is 18.5. The maximum atomic E-state index is 2.90. The van der Waals surface area contributed by atoms with Crippen LogP contribution >= 0.6 is 0 Å². The Bertz CT molecular complexity index is 680. The number of hydrogen-bond acceptors (Lipinski definition) is 2. The van der Waals surface area contributed by atoms with Gasteiger partial charge in [0.15, 0.2) is 0 Å². The van der Waals surface area contributed by atoms with Crippen LogP contribution in [0.2, 0.25) is 0 Å². The van der Waals surface area contributed by atoms with E-state index in [1.165, 1.54) is 5.57 Å². The summed E-state index contributed by atoms with van der Waals surface area (Å²) < 4.78 is 11.9. The molecule has 2 aliphatic rings. The molecule has 0 atom stereocenters. The predicted octanol–water partition coefficient (Wildman–Crippen LogP) is 5.48. The van der Waals surface area contributed by atoms with Crippen molar-refractivity contribution in [3.63, 3.8) is 0 Å². The van der Waals surface area contributed by atoms with Crippen LogP contribution in [-0.2, 0) is 18.9 Å². The van der Waals surface area contributed by atoms with Crippen LogP contribution in [0.15, 0.2) is 42.0 Å². The van der Waals surface area contributed by atoms with Gasteiger partial charge in [0.25, 0.3) is 0 Å².